The molecule has 0 saturated carbocycles. The van der Waals surface area contributed by atoms with Gasteiger partial charge in [0, 0.05) is 0 Å². The molecular weight excluding hydrogens is 284 g/mol. The number of amides is 2. The minimum Gasteiger partial charge on any atom is -0.460 e. The van der Waals surface area contributed by atoms with Crippen LogP contribution in [0.2, 0.25) is 0 Å². The van der Waals surface area contributed by atoms with Gasteiger partial charge in [-0.2, -0.15) is 0 Å². The first-order chi connectivity index (χ1) is 10.3. The van der Waals surface area contributed by atoms with Gasteiger partial charge in [0.1, 0.15) is 19.4 Å². The molecule has 2 amide bonds. The van der Waals surface area contributed by atoms with Crippen molar-refractivity contribution >= 4 is 18.3 Å². The zero-order chi connectivity index (χ0) is 16.6. The van der Waals surface area contributed by atoms with Gasteiger partial charge in [-0.3, -0.25) is 4.79 Å². The van der Waals surface area contributed by atoms with Crippen molar-refractivity contribution in [1.29, 1.82) is 0 Å². The van der Waals surface area contributed by atoms with E-state index in [9.17, 15) is 14.4 Å². The second-order valence-electron chi connectivity index (χ2n) is 5.95. The van der Waals surface area contributed by atoms with Crippen LogP contribution in [-0.2, 0) is 20.9 Å². The van der Waals surface area contributed by atoms with Crippen LogP contribution in [0.5, 0.6) is 0 Å². The lowest BCUT2D eigenvalue weighted by atomic mass is 9.88. The highest BCUT2D eigenvalue weighted by Crippen LogP contribution is 2.17. The van der Waals surface area contributed by atoms with Crippen molar-refractivity contribution in [3.8, 4) is 0 Å². The number of urea groups is 1. The number of rotatable bonds is 6. The molecule has 1 atom stereocenters. The normalized spacial score (nSPS) is 12.1. The van der Waals surface area contributed by atoms with E-state index in [0.717, 1.165) is 5.56 Å². The predicted octanol–water partition coefficient (Wildman–Crippen LogP) is 1.64. The number of hydrogen-bond donors (Lipinski definition) is 2. The number of aldehydes is 1. The Morgan fingerprint density at radius 3 is 2.41 bits per heavy atom. The average molecular weight is 306 g/mol. The maximum absolute atomic E-state index is 11.6. The third-order valence-corrected chi connectivity index (χ3v) is 2.99. The van der Waals surface area contributed by atoms with Crippen LogP contribution in [0.15, 0.2) is 30.3 Å². The molecule has 6 heteroatoms. The van der Waals surface area contributed by atoms with E-state index in [2.05, 4.69) is 10.6 Å². The lowest BCUT2D eigenvalue weighted by Crippen LogP contribution is -2.49. The van der Waals surface area contributed by atoms with Crippen LogP contribution in [-0.4, -0.2) is 30.9 Å². The van der Waals surface area contributed by atoms with Crippen molar-refractivity contribution in [1.82, 2.24) is 10.6 Å². The zero-order valence-electron chi connectivity index (χ0n) is 13.1. The van der Waals surface area contributed by atoms with E-state index in [1.54, 1.807) is 0 Å². The van der Waals surface area contributed by atoms with Gasteiger partial charge in [0.25, 0.3) is 0 Å². The van der Waals surface area contributed by atoms with Gasteiger partial charge < -0.3 is 20.2 Å². The lowest BCUT2D eigenvalue weighted by molar-refractivity contribution is -0.143. The van der Waals surface area contributed by atoms with E-state index in [-0.39, 0.29) is 13.2 Å². The Morgan fingerprint density at radius 2 is 1.86 bits per heavy atom. The standard InChI is InChI=1S/C16H22N2O4/c1-16(2,3)13(10-19)18-15(21)17-9-14(20)22-11-12-7-5-4-6-8-12/h4-8,10,13H,9,11H2,1-3H3,(H2,17,18,21). The topological polar surface area (TPSA) is 84.5 Å². The highest BCUT2D eigenvalue weighted by Gasteiger charge is 2.25. The Kier molecular flexibility index (Phi) is 6.56. The molecule has 0 bridgehead atoms. The molecule has 0 aliphatic heterocycles. The van der Waals surface area contributed by atoms with Gasteiger partial charge in [-0.15, -0.1) is 0 Å². The van der Waals surface area contributed by atoms with Gasteiger partial charge in [0.05, 0.1) is 6.04 Å². The van der Waals surface area contributed by atoms with Gasteiger partial charge in [-0.25, -0.2) is 4.79 Å². The van der Waals surface area contributed by atoms with Crippen molar-refractivity contribution in [2.24, 2.45) is 5.41 Å². The van der Waals surface area contributed by atoms with E-state index >= 15 is 0 Å². The number of ether oxygens (including phenoxy) is 1. The fraction of sp³-hybridized carbons (Fsp3) is 0.438. The van der Waals surface area contributed by atoms with Crippen LogP contribution in [0.1, 0.15) is 26.3 Å². The number of benzene rings is 1. The summed E-state index contributed by atoms with van der Waals surface area (Å²) in [6, 6.07) is 8.03. The summed E-state index contributed by atoms with van der Waals surface area (Å²) in [6.07, 6.45) is 0.674. The largest absolute Gasteiger partial charge is 0.460 e. The molecule has 1 unspecified atom stereocenters. The minimum absolute atomic E-state index is 0.155. The molecule has 0 spiro atoms. The van der Waals surface area contributed by atoms with Gasteiger partial charge in [-0.1, -0.05) is 51.1 Å². The maximum Gasteiger partial charge on any atom is 0.325 e. The first kappa shape index (κ1) is 17.7. The Morgan fingerprint density at radius 1 is 1.23 bits per heavy atom. The number of nitrogens with one attached hydrogen (secondary N) is 2. The summed E-state index contributed by atoms with van der Waals surface area (Å²) in [7, 11) is 0. The van der Waals surface area contributed by atoms with E-state index < -0.39 is 23.5 Å². The fourth-order valence-corrected chi connectivity index (χ4v) is 1.59. The Balaban J connectivity index is 2.31. The molecule has 0 radical (unpaired) electrons. The molecule has 0 aliphatic carbocycles. The van der Waals surface area contributed by atoms with E-state index in [0.29, 0.717) is 6.29 Å². The number of carbonyl (C=O) groups is 3. The van der Waals surface area contributed by atoms with Crippen LogP contribution in [0, 0.1) is 5.41 Å². The summed E-state index contributed by atoms with van der Waals surface area (Å²) >= 11 is 0. The van der Waals surface area contributed by atoms with E-state index in [1.807, 2.05) is 51.1 Å². The molecule has 2 N–H and O–H groups in total. The number of hydrogen-bond acceptors (Lipinski definition) is 4. The molecule has 1 aromatic rings. The summed E-state index contributed by atoms with van der Waals surface area (Å²) in [4.78, 5) is 34.1. The second kappa shape index (κ2) is 8.17. The van der Waals surface area contributed by atoms with Crippen molar-refractivity contribution in [3.63, 3.8) is 0 Å². The molecular formula is C16H22N2O4. The molecule has 0 fully saturated rings. The predicted molar refractivity (Wildman–Crippen MR) is 82.1 cm³/mol. The monoisotopic (exact) mass is 306 g/mol. The van der Waals surface area contributed by atoms with Crippen LogP contribution < -0.4 is 10.6 Å². The highest BCUT2D eigenvalue weighted by molar-refractivity contribution is 5.82. The third kappa shape index (κ3) is 6.39. The number of esters is 1. The smallest absolute Gasteiger partial charge is 0.325 e. The van der Waals surface area contributed by atoms with Crippen LogP contribution in [0.25, 0.3) is 0 Å². The first-order valence-electron chi connectivity index (χ1n) is 7.02. The number of carbonyl (C=O) groups excluding carboxylic acids is 3. The lowest BCUT2D eigenvalue weighted by Gasteiger charge is -2.26. The molecule has 0 aromatic heterocycles. The SMILES string of the molecule is CC(C)(C)C(C=O)NC(=O)NCC(=O)OCc1ccccc1. The molecule has 6 nitrogen and oxygen atoms in total. The molecule has 1 rings (SSSR count). The summed E-state index contributed by atoms with van der Waals surface area (Å²) in [5.74, 6) is -0.544. The van der Waals surface area contributed by atoms with Gasteiger partial charge in [0.15, 0.2) is 0 Å². The maximum atomic E-state index is 11.6. The summed E-state index contributed by atoms with van der Waals surface area (Å²) in [5.41, 5.74) is 0.474. The Labute approximate surface area is 130 Å². The quantitative estimate of drug-likeness (QED) is 0.618. The van der Waals surface area contributed by atoms with Gasteiger partial charge in [0.2, 0.25) is 0 Å². The Hall–Kier alpha value is -2.37. The van der Waals surface area contributed by atoms with Crippen molar-refractivity contribution in [2.75, 3.05) is 6.54 Å². The average Bonchev–Trinajstić information content (AvgIpc) is 2.48. The summed E-state index contributed by atoms with van der Waals surface area (Å²) in [6.45, 7) is 5.40. The molecule has 120 valence electrons. The zero-order valence-corrected chi connectivity index (χ0v) is 13.1. The second-order valence-corrected chi connectivity index (χ2v) is 5.95. The fourth-order valence-electron chi connectivity index (χ4n) is 1.59. The summed E-state index contributed by atoms with van der Waals surface area (Å²) in [5, 5.41) is 4.88. The molecule has 1 aromatic carbocycles. The molecule has 0 saturated heterocycles. The van der Waals surface area contributed by atoms with Crippen molar-refractivity contribution < 1.29 is 19.1 Å². The summed E-state index contributed by atoms with van der Waals surface area (Å²) < 4.78 is 5.03. The van der Waals surface area contributed by atoms with Gasteiger partial charge >= 0.3 is 12.0 Å². The molecule has 0 heterocycles. The van der Waals surface area contributed by atoms with Crippen LogP contribution in [0.4, 0.5) is 4.79 Å². The van der Waals surface area contributed by atoms with Crippen LogP contribution >= 0.6 is 0 Å². The van der Waals surface area contributed by atoms with E-state index in [4.69, 9.17) is 4.74 Å². The molecule has 0 aliphatic rings. The first-order valence-corrected chi connectivity index (χ1v) is 7.02. The van der Waals surface area contributed by atoms with E-state index in [1.165, 1.54) is 0 Å². The third-order valence-electron chi connectivity index (χ3n) is 2.99. The van der Waals surface area contributed by atoms with Crippen LogP contribution in [0.3, 0.4) is 0 Å². The Bertz CT molecular complexity index is 509. The van der Waals surface area contributed by atoms with Crippen molar-refractivity contribution in [3.05, 3.63) is 35.9 Å². The highest BCUT2D eigenvalue weighted by atomic mass is 16.5. The minimum atomic E-state index is -0.632. The van der Waals surface area contributed by atoms with Gasteiger partial charge in [-0.05, 0) is 11.0 Å². The van der Waals surface area contributed by atoms with Crippen molar-refractivity contribution in [2.45, 2.75) is 33.4 Å². The molecule has 22 heavy (non-hydrogen) atoms.